The summed E-state index contributed by atoms with van der Waals surface area (Å²) in [6.07, 6.45) is 0. The molecule has 1 unspecified atom stereocenters. The molecule has 0 saturated carbocycles. The number of para-hydroxylation sites is 1. The Labute approximate surface area is 125 Å². The average molecular weight is 278 g/mol. The lowest BCUT2D eigenvalue weighted by molar-refractivity contribution is 0.324. The first-order chi connectivity index (χ1) is 10.3. The molecular weight excluding hydrogens is 260 g/mol. The fraction of sp³-hybridized carbons (Fsp3) is 0.278. The molecule has 0 amide bonds. The Morgan fingerprint density at radius 2 is 2.10 bits per heavy atom. The van der Waals surface area contributed by atoms with E-state index in [0.29, 0.717) is 18.1 Å². The van der Waals surface area contributed by atoms with Crippen LogP contribution in [-0.2, 0) is 0 Å². The van der Waals surface area contributed by atoms with Crippen molar-refractivity contribution in [2.24, 2.45) is 0 Å². The normalized spacial score (nSPS) is 16.4. The second-order valence-corrected chi connectivity index (χ2v) is 5.39. The molecule has 0 N–H and O–H groups in total. The molecule has 2 aromatic carbocycles. The lowest BCUT2D eigenvalue weighted by Gasteiger charge is -2.19. The van der Waals surface area contributed by atoms with Gasteiger partial charge >= 0.3 is 0 Å². The van der Waals surface area contributed by atoms with Gasteiger partial charge in [-0.05, 0) is 29.8 Å². The summed E-state index contributed by atoms with van der Waals surface area (Å²) < 4.78 is 5.77. The highest BCUT2D eigenvalue weighted by Gasteiger charge is 2.24. The van der Waals surface area contributed by atoms with Crippen LogP contribution in [0, 0.1) is 11.3 Å². The molecule has 2 aromatic rings. The molecule has 1 heterocycles. The number of ether oxygens (including phenoxy) is 1. The number of hydrogen-bond acceptors (Lipinski definition) is 3. The van der Waals surface area contributed by atoms with E-state index >= 15 is 0 Å². The lowest BCUT2D eigenvalue weighted by Crippen LogP contribution is -2.26. The van der Waals surface area contributed by atoms with Crippen molar-refractivity contribution in [1.82, 2.24) is 0 Å². The van der Waals surface area contributed by atoms with Crippen LogP contribution in [0.1, 0.15) is 24.0 Å². The zero-order valence-electron chi connectivity index (χ0n) is 12.1. The van der Waals surface area contributed by atoms with Gasteiger partial charge in [-0.3, -0.25) is 0 Å². The first-order valence-corrected chi connectivity index (χ1v) is 7.25. The van der Waals surface area contributed by atoms with Gasteiger partial charge in [0.25, 0.3) is 0 Å². The minimum absolute atomic E-state index is 0.572. The molecule has 0 aromatic heterocycles. The largest absolute Gasteiger partial charge is 0.492 e. The van der Waals surface area contributed by atoms with E-state index in [9.17, 15) is 0 Å². The van der Waals surface area contributed by atoms with Gasteiger partial charge < -0.3 is 9.64 Å². The van der Waals surface area contributed by atoms with E-state index in [1.807, 2.05) is 12.1 Å². The molecule has 0 saturated heterocycles. The van der Waals surface area contributed by atoms with E-state index in [-0.39, 0.29) is 0 Å². The van der Waals surface area contributed by atoms with E-state index in [1.165, 1.54) is 11.3 Å². The molecule has 21 heavy (non-hydrogen) atoms. The summed E-state index contributed by atoms with van der Waals surface area (Å²) in [5.74, 6) is 1.33. The zero-order chi connectivity index (χ0) is 14.7. The molecule has 1 aliphatic heterocycles. The Bertz CT molecular complexity index is 675. The van der Waals surface area contributed by atoms with E-state index in [4.69, 9.17) is 10.00 Å². The van der Waals surface area contributed by atoms with Crippen LogP contribution in [0.4, 0.5) is 5.69 Å². The highest BCUT2D eigenvalue weighted by Crippen LogP contribution is 2.35. The Kier molecular flexibility index (Phi) is 3.79. The molecule has 3 rings (SSSR count). The minimum Gasteiger partial charge on any atom is -0.492 e. The molecule has 0 spiro atoms. The summed E-state index contributed by atoms with van der Waals surface area (Å²) in [5.41, 5.74) is 3.37. The zero-order valence-corrected chi connectivity index (χ0v) is 12.1. The van der Waals surface area contributed by atoms with Gasteiger partial charge in [-0.1, -0.05) is 31.2 Å². The summed E-state index contributed by atoms with van der Waals surface area (Å²) in [4.78, 5) is 2.37. The Morgan fingerprint density at radius 1 is 1.24 bits per heavy atom. The summed E-state index contributed by atoms with van der Waals surface area (Å²) in [6.45, 7) is 4.78. The van der Waals surface area contributed by atoms with E-state index in [0.717, 1.165) is 18.8 Å². The average Bonchev–Trinajstić information content (AvgIpc) is 2.85. The summed E-state index contributed by atoms with van der Waals surface area (Å²) in [5, 5.41) is 8.88. The summed E-state index contributed by atoms with van der Waals surface area (Å²) >= 11 is 0. The molecule has 1 aliphatic rings. The van der Waals surface area contributed by atoms with Crippen molar-refractivity contribution >= 4 is 5.69 Å². The third-order valence-electron chi connectivity index (χ3n) is 3.90. The number of hydrogen-bond donors (Lipinski definition) is 0. The van der Waals surface area contributed by atoms with Crippen molar-refractivity contribution in [3.63, 3.8) is 0 Å². The van der Waals surface area contributed by atoms with Crippen molar-refractivity contribution in [3.8, 4) is 11.8 Å². The number of benzene rings is 2. The molecule has 106 valence electrons. The van der Waals surface area contributed by atoms with Gasteiger partial charge in [-0.25, -0.2) is 0 Å². The topological polar surface area (TPSA) is 36.3 Å². The quantitative estimate of drug-likeness (QED) is 0.858. The molecule has 0 aliphatic carbocycles. The maximum absolute atomic E-state index is 8.88. The standard InChI is InChI=1S/C18H18N2O/c1-14-13-20(18-8-3-2-7-17(14)18)9-10-21-16-6-4-5-15(11-16)12-19/h2-8,11,14H,9-10,13H2,1H3. The molecule has 0 fully saturated rings. The van der Waals surface area contributed by atoms with Gasteiger partial charge in [0, 0.05) is 18.2 Å². The van der Waals surface area contributed by atoms with Crippen LogP contribution in [0.2, 0.25) is 0 Å². The van der Waals surface area contributed by atoms with E-state index < -0.39 is 0 Å². The first kappa shape index (κ1) is 13.5. The van der Waals surface area contributed by atoms with Crippen LogP contribution < -0.4 is 9.64 Å². The molecule has 0 radical (unpaired) electrons. The Hall–Kier alpha value is -2.47. The van der Waals surface area contributed by atoms with E-state index in [1.54, 1.807) is 12.1 Å². The van der Waals surface area contributed by atoms with Crippen molar-refractivity contribution in [2.75, 3.05) is 24.6 Å². The second-order valence-electron chi connectivity index (χ2n) is 5.39. The van der Waals surface area contributed by atoms with E-state index in [2.05, 4.69) is 42.2 Å². The van der Waals surface area contributed by atoms with Crippen LogP contribution >= 0.6 is 0 Å². The number of fused-ring (bicyclic) bond motifs is 1. The predicted octanol–water partition coefficient (Wildman–Crippen LogP) is 3.56. The molecule has 3 heteroatoms. The van der Waals surface area contributed by atoms with Crippen molar-refractivity contribution in [3.05, 3.63) is 59.7 Å². The SMILES string of the molecule is CC1CN(CCOc2cccc(C#N)c2)c2ccccc21. The van der Waals surface area contributed by atoms with Gasteiger partial charge in [0.05, 0.1) is 18.2 Å². The Balaban J connectivity index is 1.61. The van der Waals surface area contributed by atoms with Crippen molar-refractivity contribution in [2.45, 2.75) is 12.8 Å². The van der Waals surface area contributed by atoms with Crippen molar-refractivity contribution < 1.29 is 4.74 Å². The van der Waals surface area contributed by atoms with Crippen LogP contribution in [0.15, 0.2) is 48.5 Å². The highest BCUT2D eigenvalue weighted by molar-refractivity contribution is 5.59. The number of anilines is 1. The third kappa shape index (κ3) is 2.85. The molecular formula is C18H18N2O. The fourth-order valence-corrected chi connectivity index (χ4v) is 2.86. The second kappa shape index (κ2) is 5.88. The molecule has 3 nitrogen and oxygen atoms in total. The van der Waals surface area contributed by atoms with Crippen LogP contribution in [0.3, 0.4) is 0 Å². The van der Waals surface area contributed by atoms with Crippen LogP contribution in [0.5, 0.6) is 5.75 Å². The number of nitriles is 1. The summed E-state index contributed by atoms with van der Waals surface area (Å²) in [7, 11) is 0. The number of nitrogens with zero attached hydrogens (tertiary/aromatic N) is 2. The van der Waals surface area contributed by atoms with Gasteiger partial charge in [0.15, 0.2) is 0 Å². The van der Waals surface area contributed by atoms with Crippen molar-refractivity contribution in [1.29, 1.82) is 5.26 Å². The van der Waals surface area contributed by atoms with Gasteiger partial charge in [-0.2, -0.15) is 5.26 Å². The maximum atomic E-state index is 8.88. The Morgan fingerprint density at radius 3 is 2.95 bits per heavy atom. The van der Waals surface area contributed by atoms with Crippen LogP contribution in [-0.4, -0.2) is 19.7 Å². The maximum Gasteiger partial charge on any atom is 0.120 e. The highest BCUT2D eigenvalue weighted by atomic mass is 16.5. The summed E-state index contributed by atoms with van der Waals surface area (Å²) in [6, 6.07) is 18.0. The van der Waals surface area contributed by atoms with Gasteiger partial charge in [0.1, 0.15) is 12.4 Å². The van der Waals surface area contributed by atoms with Gasteiger partial charge in [-0.15, -0.1) is 0 Å². The van der Waals surface area contributed by atoms with Gasteiger partial charge in [0.2, 0.25) is 0 Å². The first-order valence-electron chi connectivity index (χ1n) is 7.25. The lowest BCUT2D eigenvalue weighted by atomic mass is 10.0. The monoisotopic (exact) mass is 278 g/mol. The molecule has 1 atom stereocenters. The fourth-order valence-electron chi connectivity index (χ4n) is 2.86. The number of rotatable bonds is 4. The molecule has 0 bridgehead atoms. The van der Waals surface area contributed by atoms with Crippen LogP contribution in [0.25, 0.3) is 0 Å². The third-order valence-corrected chi connectivity index (χ3v) is 3.90. The minimum atomic E-state index is 0.572. The predicted molar refractivity (Wildman–Crippen MR) is 83.7 cm³/mol. The smallest absolute Gasteiger partial charge is 0.120 e.